The number of aromatic nitrogens is 4. The molecule has 2 aromatic rings. The number of likely N-dealkylation sites (N-methyl/N-ethyl adjacent to an activating group) is 1. The third kappa shape index (κ3) is 1.79. The second kappa shape index (κ2) is 4.13. The van der Waals surface area contributed by atoms with Gasteiger partial charge in [0.15, 0.2) is 5.65 Å². The normalized spacial score (nSPS) is 10.4. The Morgan fingerprint density at radius 1 is 1.50 bits per heavy atom. The summed E-state index contributed by atoms with van der Waals surface area (Å²) in [6.45, 7) is 0.178. The van der Waals surface area contributed by atoms with Crippen molar-refractivity contribution in [1.29, 1.82) is 0 Å². The van der Waals surface area contributed by atoms with Crippen molar-refractivity contribution in [3.8, 4) is 0 Å². The molecular formula is C9H12N6O. The average Bonchev–Trinajstić information content (AvgIpc) is 2.69. The third-order valence-electron chi connectivity index (χ3n) is 2.22. The Hall–Kier alpha value is -2.18. The van der Waals surface area contributed by atoms with Gasteiger partial charge in [-0.05, 0) is 0 Å². The van der Waals surface area contributed by atoms with E-state index in [9.17, 15) is 4.79 Å². The first kappa shape index (κ1) is 10.3. The quantitative estimate of drug-likeness (QED) is 0.730. The van der Waals surface area contributed by atoms with Gasteiger partial charge < -0.3 is 10.6 Å². The van der Waals surface area contributed by atoms with Gasteiger partial charge in [0.1, 0.15) is 12.1 Å². The topological polar surface area (TPSA) is 84.7 Å². The minimum absolute atomic E-state index is 0.101. The number of carbonyl (C=O) groups excluding carboxylic acids is 1. The molecule has 0 aromatic carbocycles. The molecule has 0 saturated heterocycles. The number of hydrogen-bond donors (Lipinski definition) is 2. The number of carbonyl (C=O) groups is 1. The molecular weight excluding hydrogens is 208 g/mol. The van der Waals surface area contributed by atoms with Crippen LogP contribution >= 0.6 is 0 Å². The van der Waals surface area contributed by atoms with Gasteiger partial charge in [-0.3, -0.25) is 9.48 Å². The molecule has 2 aromatic heterocycles. The second-order valence-corrected chi connectivity index (χ2v) is 3.25. The van der Waals surface area contributed by atoms with Gasteiger partial charge in [-0.15, -0.1) is 0 Å². The zero-order valence-corrected chi connectivity index (χ0v) is 9.06. The molecule has 0 atom stereocenters. The van der Waals surface area contributed by atoms with Gasteiger partial charge in [0.2, 0.25) is 5.91 Å². The van der Waals surface area contributed by atoms with Gasteiger partial charge in [0, 0.05) is 14.1 Å². The molecule has 0 aliphatic carbocycles. The maximum atomic E-state index is 11.1. The van der Waals surface area contributed by atoms with Crippen LogP contribution in [-0.2, 0) is 11.8 Å². The smallest absolute Gasteiger partial charge is 0.239 e. The fraction of sp³-hybridized carbons (Fsp3) is 0.333. The van der Waals surface area contributed by atoms with E-state index >= 15 is 0 Å². The van der Waals surface area contributed by atoms with Crippen molar-refractivity contribution >= 4 is 22.8 Å². The molecule has 0 unspecified atom stereocenters. The lowest BCUT2D eigenvalue weighted by Crippen LogP contribution is -2.26. The monoisotopic (exact) mass is 220 g/mol. The highest BCUT2D eigenvalue weighted by molar-refractivity contribution is 5.88. The van der Waals surface area contributed by atoms with Gasteiger partial charge >= 0.3 is 0 Å². The fourth-order valence-electron chi connectivity index (χ4n) is 1.36. The largest absolute Gasteiger partial charge is 0.360 e. The van der Waals surface area contributed by atoms with Crippen molar-refractivity contribution in [2.45, 2.75) is 0 Å². The number of rotatable bonds is 3. The Labute approximate surface area is 91.9 Å². The van der Waals surface area contributed by atoms with E-state index in [0.29, 0.717) is 5.82 Å². The van der Waals surface area contributed by atoms with Crippen LogP contribution in [0.15, 0.2) is 12.5 Å². The first-order chi connectivity index (χ1) is 7.72. The molecule has 84 valence electrons. The maximum absolute atomic E-state index is 11.1. The van der Waals surface area contributed by atoms with Crippen molar-refractivity contribution in [2.24, 2.45) is 7.05 Å². The molecule has 0 fully saturated rings. The molecule has 0 spiro atoms. The lowest BCUT2D eigenvalue weighted by Gasteiger charge is -2.04. The minimum atomic E-state index is -0.101. The standard InChI is InChI=1S/C9H12N6O/c1-10-7(16)4-11-8-6-3-14-15(2)9(6)13-5-12-8/h3,5H,4H2,1-2H3,(H,10,16)(H,11,12,13). The molecule has 2 heterocycles. The molecule has 2 rings (SSSR count). The summed E-state index contributed by atoms with van der Waals surface area (Å²) in [5, 5.41) is 10.3. The van der Waals surface area contributed by atoms with E-state index in [0.717, 1.165) is 11.0 Å². The second-order valence-electron chi connectivity index (χ2n) is 3.25. The third-order valence-corrected chi connectivity index (χ3v) is 2.22. The van der Waals surface area contributed by atoms with Crippen LogP contribution in [0.3, 0.4) is 0 Å². The Kier molecular flexibility index (Phi) is 2.67. The van der Waals surface area contributed by atoms with Gasteiger partial charge in [-0.25, -0.2) is 9.97 Å². The van der Waals surface area contributed by atoms with Crippen molar-refractivity contribution in [1.82, 2.24) is 25.1 Å². The van der Waals surface area contributed by atoms with Crippen LogP contribution in [0.25, 0.3) is 11.0 Å². The lowest BCUT2D eigenvalue weighted by atomic mass is 10.4. The summed E-state index contributed by atoms with van der Waals surface area (Å²) < 4.78 is 1.65. The van der Waals surface area contributed by atoms with Crippen LogP contribution in [0.2, 0.25) is 0 Å². The Morgan fingerprint density at radius 2 is 2.31 bits per heavy atom. The maximum Gasteiger partial charge on any atom is 0.239 e. The number of hydrogen-bond acceptors (Lipinski definition) is 5. The highest BCUT2D eigenvalue weighted by Crippen LogP contribution is 2.16. The molecule has 0 saturated carbocycles. The van der Waals surface area contributed by atoms with E-state index in [1.54, 1.807) is 25.0 Å². The lowest BCUT2D eigenvalue weighted by molar-refractivity contribution is -0.118. The summed E-state index contributed by atoms with van der Waals surface area (Å²) in [5.41, 5.74) is 0.731. The number of anilines is 1. The summed E-state index contributed by atoms with van der Waals surface area (Å²) in [7, 11) is 3.39. The van der Waals surface area contributed by atoms with Crippen LogP contribution in [0, 0.1) is 0 Å². The molecule has 7 nitrogen and oxygen atoms in total. The minimum Gasteiger partial charge on any atom is -0.360 e. The fourth-order valence-corrected chi connectivity index (χ4v) is 1.36. The summed E-state index contributed by atoms with van der Waals surface area (Å²) in [6, 6.07) is 0. The van der Waals surface area contributed by atoms with Crippen molar-refractivity contribution < 1.29 is 4.79 Å². The van der Waals surface area contributed by atoms with Gasteiger partial charge in [-0.2, -0.15) is 5.10 Å². The first-order valence-electron chi connectivity index (χ1n) is 4.79. The van der Waals surface area contributed by atoms with Crippen LogP contribution in [0.4, 0.5) is 5.82 Å². The van der Waals surface area contributed by atoms with Crippen molar-refractivity contribution in [2.75, 3.05) is 18.9 Å². The molecule has 0 aliphatic rings. The molecule has 0 bridgehead atoms. The molecule has 16 heavy (non-hydrogen) atoms. The number of aryl methyl sites for hydroxylation is 1. The van der Waals surface area contributed by atoms with E-state index < -0.39 is 0 Å². The van der Waals surface area contributed by atoms with Crippen molar-refractivity contribution in [3.05, 3.63) is 12.5 Å². The summed E-state index contributed by atoms with van der Waals surface area (Å²) in [5.74, 6) is 0.511. The highest BCUT2D eigenvalue weighted by Gasteiger charge is 2.07. The van der Waals surface area contributed by atoms with Crippen LogP contribution < -0.4 is 10.6 Å². The van der Waals surface area contributed by atoms with Crippen molar-refractivity contribution in [3.63, 3.8) is 0 Å². The zero-order chi connectivity index (χ0) is 11.5. The average molecular weight is 220 g/mol. The van der Waals surface area contributed by atoms with E-state index in [4.69, 9.17) is 0 Å². The van der Waals surface area contributed by atoms with E-state index in [1.807, 2.05) is 0 Å². The zero-order valence-electron chi connectivity index (χ0n) is 9.06. The molecule has 0 aliphatic heterocycles. The Morgan fingerprint density at radius 3 is 3.06 bits per heavy atom. The number of nitrogens with one attached hydrogen (secondary N) is 2. The predicted molar refractivity (Wildman–Crippen MR) is 58.9 cm³/mol. The number of fused-ring (bicyclic) bond motifs is 1. The van der Waals surface area contributed by atoms with E-state index in [-0.39, 0.29) is 12.5 Å². The SMILES string of the molecule is CNC(=O)CNc1ncnc2c1cnn2C. The van der Waals surface area contributed by atoms with E-state index in [2.05, 4.69) is 25.7 Å². The molecule has 7 heteroatoms. The molecule has 2 N–H and O–H groups in total. The van der Waals surface area contributed by atoms with Gasteiger partial charge in [-0.1, -0.05) is 0 Å². The van der Waals surface area contributed by atoms with Crippen LogP contribution in [0.1, 0.15) is 0 Å². The van der Waals surface area contributed by atoms with Gasteiger partial charge in [0.25, 0.3) is 0 Å². The van der Waals surface area contributed by atoms with Crippen LogP contribution in [-0.4, -0.2) is 39.2 Å². The highest BCUT2D eigenvalue weighted by atomic mass is 16.1. The summed E-state index contributed by atoms with van der Waals surface area (Å²) in [4.78, 5) is 19.3. The summed E-state index contributed by atoms with van der Waals surface area (Å²) in [6.07, 6.45) is 3.11. The Bertz CT molecular complexity index is 520. The summed E-state index contributed by atoms with van der Waals surface area (Å²) >= 11 is 0. The Balaban J connectivity index is 2.27. The van der Waals surface area contributed by atoms with Crippen LogP contribution in [0.5, 0.6) is 0 Å². The first-order valence-corrected chi connectivity index (χ1v) is 4.79. The number of nitrogens with zero attached hydrogens (tertiary/aromatic N) is 4. The number of amides is 1. The van der Waals surface area contributed by atoms with E-state index in [1.165, 1.54) is 6.33 Å². The predicted octanol–water partition coefficient (Wildman–Crippen LogP) is -0.479. The molecule has 1 amide bonds. The van der Waals surface area contributed by atoms with Gasteiger partial charge in [0.05, 0.1) is 18.1 Å². The molecule has 0 radical (unpaired) electrons.